The van der Waals surface area contributed by atoms with Crippen molar-refractivity contribution in [1.82, 2.24) is 0 Å². The zero-order chi connectivity index (χ0) is 14.2. The van der Waals surface area contributed by atoms with Gasteiger partial charge < -0.3 is 5.11 Å². The maximum Gasteiger partial charge on any atom is 0.0548 e. The first-order valence-electron chi connectivity index (χ1n) is 8.87. The van der Waals surface area contributed by atoms with Crippen LogP contribution in [-0.4, -0.2) is 11.2 Å². The van der Waals surface area contributed by atoms with E-state index in [1.54, 1.807) is 5.57 Å². The molecule has 6 atom stereocenters. The molecule has 3 fully saturated rings. The summed E-state index contributed by atoms with van der Waals surface area (Å²) in [5, 5.41) is 10.2. The average Bonchev–Trinajstić information content (AvgIpc) is 3.11. The molecule has 5 aliphatic rings. The monoisotopic (exact) mass is 282 g/mol. The Kier molecular flexibility index (Phi) is 2.37. The van der Waals surface area contributed by atoms with Crippen LogP contribution in [0.1, 0.15) is 45.4 Å². The predicted octanol–water partition coefficient (Wildman–Crippen LogP) is 4.25. The van der Waals surface area contributed by atoms with E-state index in [-0.39, 0.29) is 6.10 Å². The van der Waals surface area contributed by atoms with Crippen molar-refractivity contribution in [3.63, 3.8) is 0 Å². The maximum atomic E-state index is 10.2. The van der Waals surface area contributed by atoms with E-state index < -0.39 is 0 Å². The van der Waals surface area contributed by atoms with E-state index in [1.165, 1.54) is 25.7 Å². The molecule has 1 nitrogen and oxygen atoms in total. The Balaban J connectivity index is 1.51. The van der Waals surface area contributed by atoms with Gasteiger partial charge in [-0.2, -0.15) is 0 Å². The van der Waals surface area contributed by atoms with Gasteiger partial charge in [-0.05, 0) is 67.3 Å². The third-order valence-corrected chi connectivity index (χ3v) is 7.40. The summed E-state index contributed by atoms with van der Waals surface area (Å²) in [6, 6.07) is 0. The molecular weight excluding hydrogens is 256 g/mol. The number of aliphatic hydroxyl groups excluding tert-OH is 1. The Hall–Kier alpha value is -0.820. The molecule has 0 bridgehead atoms. The van der Waals surface area contributed by atoms with Crippen molar-refractivity contribution in [2.24, 2.45) is 34.5 Å². The van der Waals surface area contributed by atoms with E-state index in [0.717, 1.165) is 18.8 Å². The average molecular weight is 282 g/mol. The molecule has 1 spiro atoms. The summed E-state index contributed by atoms with van der Waals surface area (Å²) < 4.78 is 0. The van der Waals surface area contributed by atoms with Gasteiger partial charge in [0.15, 0.2) is 0 Å². The summed E-state index contributed by atoms with van der Waals surface area (Å²) in [6.45, 7) is 2.43. The molecule has 0 amide bonds. The normalized spacial score (nSPS) is 52.1. The van der Waals surface area contributed by atoms with E-state index in [2.05, 4.69) is 37.3 Å². The topological polar surface area (TPSA) is 20.2 Å². The maximum absolute atomic E-state index is 10.2. The lowest BCUT2D eigenvalue weighted by Gasteiger charge is -2.49. The lowest BCUT2D eigenvalue weighted by Crippen LogP contribution is -2.42. The van der Waals surface area contributed by atoms with Crippen LogP contribution in [0.3, 0.4) is 0 Å². The fraction of sp³-hybridized carbons (Fsp3) is 0.700. The molecule has 0 heterocycles. The van der Waals surface area contributed by atoms with Crippen molar-refractivity contribution < 1.29 is 5.11 Å². The Labute approximate surface area is 127 Å². The van der Waals surface area contributed by atoms with E-state index in [4.69, 9.17) is 0 Å². The SMILES string of the molecule is C[C@]12CC[C@H]3[C@@H](C=CC4=CC5(C=C[C@@H]43)CC5)[C@@H]1C[C@@H](O)C2. The van der Waals surface area contributed by atoms with E-state index in [9.17, 15) is 5.11 Å². The van der Waals surface area contributed by atoms with Gasteiger partial charge in [0.1, 0.15) is 0 Å². The molecule has 0 unspecified atom stereocenters. The van der Waals surface area contributed by atoms with Crippen LogP contribution >= 0.6 is 0 Å². The minimum atomic E-state index is -0.0549. The molecule has 5 aliphatic carbocycles. The zero-order valence-corrected chi connectivity index (χ0v) is 13.0. The van der Waals surface area contributed by atoms with Crippen molar-refractivity contribution in [3.05, 3.63) is 36.0 Å². The van der Waals surface area contributed by atoms with Gasteiger partial charge in [-0.3, -0.25) is 0 Å². The summed E-state index contributed by atoms with van der Waals surface area (Å²) in [6.07, 6.45) is 19.9. The van der Waals surface area contributed by atoms with Gasteiger partial charge in [0.2, 0.25) is 0 Å². The second-order valence-electron chi connectivity index (χ2n) is 8.76. The number of aliphatic hydroxyl groups is 1. The van der Waals surface area contributed by atoms with Crippen LogP contribution in [0.4, 0.5) is 0 Å². The predicted molar refractivity (Wildman–Crippen MR) is 84.6 cm³/mol. The molecule has 112 valence electrons. The molecule has 0 aliphatic heterocycles. The van der Waals surface area contributed by atoms with E-state index >= 15 is 0 Å². The summed E-state index contributed by atoms with van der Waals surface area (Å²) in [4.78, 5) is 0. The molecule has 1 N–H and O–H groups in total. The van der Waals surface area contributed by atoms with Gasteiger partial charge in [0.25, 0.3) is 0 Å². The first kappa shape index (κ1) is 12.7. The van der Waals surface area contributed by atoms with Crippen molar-refractivity contribution in [2.75, 3.05) is 0 Å². The van der Waals surface area contributed by atoms with Gasteiger partial charge in [-0.15, -0.1) is 0 Å². The second kappa shape index (κ2) is 3.93. The highest BCUT2D eigenvalue weighted by Gasteiger charge is 2.54. The van der Waals surface area contributed by atoms with Gasteiger partial charge >= 0.3 is 0 Å². The molecule has 5 rings (SSSR count). The Morgan fingerprint density at radius 2 is 2.05 bits per heavy atom. The van der Waals surface area contributed by atoms with Crippen LogP contribution < -0.4 is 0 Å². The highest BCUT2D eigenvalue weighted by molar-refractivity contribution is 5.41. The molecule has 0 radical (unpaired) electrons. The zero-order valence-electron chi connectivity index (χ0n) is 13.0. The van der Waals surface area contributed by atoms with E-state index in [1.807, 2.05) is 0 Å². The van der Waals surface area contributed by atoms with Gasteiger partial charge in [-0.25, -0.2) is 0 Å². The fourth-order valence-electron chi connectivity index (χ4n) is 6.05. The first-order chi connectivity index (χ1) is 10.1. The molecule has 1 heteroatoms. The summed E-state index contributed by atoms with van der Waals surface area (Å²) in [7, 11) is 0. The summed E-state index contributed by atoms with van der Waals surface area (Å²) in [5.74, 6) is 2.85. The lowest BCUT2D eigenvalue weighted by molar-refractivity contribution is 0.0504. The summed E-state index contributed by atoms with van der Waals surface area (Å²) >= 11 is 0. The number of fused-ring (bicyclic) bond motifs is 5. The smallest absolute Gasteiger partial charge is 0.0548 e. The first-order valence-corrected chi connectivity index (χ1v) is 8.87. The Morgan fingerprint density at radius 3 is 2.86 bits per heavy atom. The highest BCUT2D eigenvalue weighted by atomic mass is 16.3. The standard InChI is InChI=1S/C20H26O/c1-19-6-4-16-15-5-7-20(8-9-20)11-13(15)2-3-17(16)18(19)10-14(21)12-19/h2-3,5,7,11,14-18,21H,4,6,8-10,12H2,1H3/t14-,15+,16-,17-,18+,19-/m1/s1. The van der Waals surface area contributed by atoms with Crippen LogP contribution in [0.2, 0.25) is 0 Å². The highest BCUT2D eigenvalue weighted by Crippen LogP contribution is 2.61. The minimum Gasteiger partial charge on any atom is -0.393 e. The van der Waals surface area contributed by atoms with Crippen LogP contribution in [-0.2, 0) is 0 Å². The molecule has 21 heavy (non-hydrogen) atoms. The Bertz CT molecular complexity index is 564. The third-order valence-electron chi connectivity index (χ3n) is 7.40. The van der Waals surface area contributed by atoms with Crippen molar-refractivity contribution >= 4 is 0 Å². The molecule has 0 saturated heterocycles. The van der Waals surface area contributed by atoms with Gasteiger partial charge in [0, 0.05) is 11.3 Å². The molecular formula is C20H26O. The Morgan fingerprint density at radius 1 is 1.19 bits per heavy atom. The largest absolute Gasteiger partial charge is 0.393 e. The number of hydrogen-bond acceptors (Lipinski definition) is 1. The minimum absolute atomic E-state index is 0.0549. The van der Waals surface area contributed by atoms with Crippen molar-refractivity contribution in [1.29, 1.82) is 0 Å². The number of allylic oxidation sites excluding steroid dienone is 6. The van der Waals surface area contributed by atoms with Gasteiger partial charge in [-0.1, -0.05) is 37.3 Å². The van der Waals surface area contributed by atoms with Crippen LogP contribution in [0, 0.1) is 34.5 Å². The molecule has 0 aromatic heterocycles. The summed E-state index contributed by atoms with van der Waals surface area (Å²) in [5.41, 5.74) is 2.44. The van der Waals surface area contributed by atoms with Crippen LogP contribution in [0.5, 0.6) is 0 Å². The molecule has 0 aromatic carbocycles. The molecule has 3 saturated carbocycles. The third kappa shape index (κ3) is 1.73. The fourth-order valence-corrected chi connectivity index (χ4v) is 6.05. The van der Waals surface area contributed by atoms with Crippen LogP contribution in [0.15, 0.2) is 36.0 Å². The quantitative estimate of drug-likeness (QED) is 0.658. The lowest BCUT2D eigenvalue weighted by atomic mass is 9.55. The van der Waals surface area contributed by atoms with Crippen molar-refractivity contribution in [2.45, 2.75) is 51.6 Å². The number of hydrogen-bond donors (Lipinski definition) is 1. The van der Waals surface area contributed by atoms with Gasteiger partial charge in [0.05, 0.1) is 6.10 Å². The second-order valence-corrected chi connectivity index (χ2v) is 8.76. The molecule has 0 aromatic rings. The number of rotatable bonds is 0. The van der Waals surface area contributed by atoms with Crippen LogP contribution in [0.25, 0.3) is 0 Å². The van der Waals surface area contributed by atoms with Crippen molar-refractivity contribution in [3.8, 4) is 0 Å². The van der Waals surface area contributed by atoms with E-state index in [0.29, 0.717) is 28.6 Å².